The predicted molar refractivity (Wildman–Crippen MR) is 112 cm³/mol. The van der Waals surface area contributed by atoms with Crippen LogP contribution < -0.4 is 10.2 Å². The molecule has 1 heterocycles. The number of rotatable bonds is 8. The average Bonchev–Trinajstić information content (AvgIpc) is 2.74. The Morgan fingerprint density at radius 1 is 1.14 bits per heavy atom. The lowest BCUT2D eigenvalue weighted by Gasteiger charge is -2.06. The maximum atomic E-state index is 12.2. The molecule has 0 aliphatic heterocycles. The van der Waals surface area contributed by atoms with Crippen LogP contribution in [0.25, 0.3) is 10.9 Å². The number of ether oxygens (including phenoxy) is 1. The fourth-order valence-corrected chi connectivity index (χ4v) is 3.35. The zero-order valence-corrected chi connectivity index (χ0v) is 16.5. The molecule has 3 aromatic rings. The molecular formula is C21H19N3O4S. The largest absolute Gasteiger partial charge is 0.482 e. The Morgan fingerprint density at radius 2 is 1.90 bits per heavy atom. The van der Waals surface area contributed by atoms with E-state index >= 15 is 0 Å². The van der Waals surface area contributed by atoms with E-state index in [2.05, 4.69) is 15.5 Å². The highest BCUT2D eigenvalue weighted by molar-refractivity contribution is 8.00. The number of fused-ring (bicyclic) bond motifs is 1. The van der Waals surface area contributed by atoms with Gasteiger partial charge < -0.3 is 9.84 Å². The molecule has 0 saturated heterocycles. The van der Waals surface area contributed by atoms with Gasteiger partial charge in [-0.05, 0) is 48.9 Å². The van der Waals surface area contributed by atoms with Crippen LogP contribution in [0.4, 0.5) is 0 Å². The molecule has 2 N–H and O–H groups in total. The third kappa shape index (κ3) is 5.79. The third-order valence-electron chi connectivity index (χ3n) is 3.94. The van der Waals surface area contributed by atoms with Crippen molar-refractivity contribution in [1.29, 1.82) is 0 Å². The molecule has 1 amide bonds. The van der Waals surface area contributed by atoms with Gasteiger partial charge in [0, 0.05) is 16.5 Å². The number of hydrogen-bond acceptors (Lipinski definition) is 6. The number of pyridine rings is 1. The normalized spacial score (nSPS) is 11.3. The van der Waals surface area contributed by atoms with Gasteiger partial charge in [0.25, 0.3) is 0 Å². The Kier molecular flexibility index (Phi) is 6.80. The Morgan fingerprint density at radius 3 is 2.66 bits per heavy atom. The lowest BCUT2D eigenvalue weighted by Crippen LogP contribution is -2.21. The first kappa shape index (κ1) is 20.3. The summed E-state index contributed by atoms with van der Waals surface area (Å²) in [5.41, 5.74) is 4.84. The van der Waals surface area contributed by atoms with Crippen molar-refractivity contribution in [3.8, 4) is 5.75 Å². The molecule has 2 aromatic carbocycles. The molecule has 1 aromatic heterocycles. The van der Waals surface area contributed by atoms with Gasteiger partial charge in [-0.1, -0.05) is 18.2 Å². The van der Waals surface area contributed by atoms with Crippen LogP contribution in [0.1, 0.15) is 12.5 Å². The number of para-hydroxylation sites is 1. The van der Waals surface area contributed by atoms with Gasteiger partial charge >= 0.3 is 5.97 Å². The van der Waals surface area contributed by atoms with Crippen LogP contribution in [0.15, 0.2) is 70.8 Å². The number of hydrogen-bond donors (Lipinski definition) is 2. The summed E-state index contributed by atoms with van der Waals surface area (Å²) in [4.78, 5) is 28.0. The number of carboxylic acid groups (broad SMARTS) is 1. The summed E-state index contributed by atoms with van der Waals surface area (Å²) in [6.45, 7) is 1.38. The van der Waals surface area contributed by atoms with Crippen molar-refractivity contribution in [2.75, 3.05) is 12.4 Å². The second kappa shape index (κ2) is 9.70. The van der Waals surface area contributed by atoms with E-state index in [1.807, 2.05) is 30.3 Å². The first-order valence-corrected chi connectivity index (χ1v) is 9.76. The van der Waals surface area contributed by atoms with E-state index in [1.165, 1.54) is 11.8 Å². The van der Waals surface area contributed by atoms with Crippen LogP contribution in [0.5, 0.6) is 5.75 Å². The number of nitrogens with zero attached hydrogens (tertiary/aromatic N) is 2. The van der Waals surface area contributed by atoms with E-state index in [1.54, 1.807) is 37.4 Å². The van der Waals surface area contributed by atoms with Crippen molar-refractivity contribution in [3.63, 3.8) is 0 Å². The SMILES string of the molecule is C/C(=N/NC(=O)CSc1cccc2cccnc12)c1ccc(OCC(=O)O)cc1. The Bertz CT molecular complexity index is 1050. The quantitative estimate of drug-likeness (QED) is 0.336. The second-order valence-electron chi connectivity index (χ2n) is 6.06. The Balaban J connectivity index is 1.55. The number of benzene rings is 2. The third-order valence-corrected chi connectivity index (χ3v) is 4.98. The second-order valence-corrected chi connectivity index (χ2v) is 7.08. The highest BCUT2D eigenvalue weighted by Crippen LogP contribution is 2.25. The summed E-state index contributed by atoms with van der Waals surface area (Å²) in [5, 5.41) is 13.8. The standard InChI is InChI=1S/C21H19N3O4S/c1-14(15-7-9-17(10-8-15)28-12-20(26)27)23-24-19(25)13-29-18-6-2-4-16-5-3-11-22-21(16)18/h2-11H,12-13H2,1H3,(H,24,25)(H,26,27)/b23-14-. The van der Waals surface area contributed by atoms with E-state index in [0.29, 0.717) is 11.5 Å². The molecule has 0 fully saturated rings. The first-order valence-electron chi connectivity index (χ1n) is 8.77. The van der Waals surface area contributed by atoms with Crippen LogP contribution >= 0.6 is 11.8 Å². The summed E-state index contributed by atoms with van der Waals surface area (Å²) in [6.07, 6.45) is 1.73. The zero-order chi connectivity index (χ0) is 20.6. The van der Waals surface area contributed by atoms with Gasteiger partial charge in [-0.25, -0.2) is 10.2 Å². The summed E-state index contributed by atoms with van der Waals surface area (Å²) >= 11 is 1.41. The maximum absolute atomic E-state index is 12.2. The molecule has 0 unspecified atom stereocenters. The van der Waals surface area contributed by atoms with Gasteiger partial charge in [-0.3, -0.25) is 9.78 Å². The van der Waals surface area contributed by atoms with Crippen molar-refractivity contribution in [3.05, 3.63) is 66.4 Å². The van der Waals surface area contributed by atoms with Gasteiger partial charge in [-0.15, -0.1) is 11.8 Å². The number of carboxylic acids is 1. The fourth-order valence-electron chi connectivity index (χ4n) is 2.52. The number of nitrogens with one attached hydrogen (secondary N) is 1. The van der Waals surface area contributed by atoms with Gasteiger partial charge in [0.05, 0.1) is 17.0 Å². The molecule has 8 heteroatoms. The topological polar surface area (TPSA) is 101 Å². The molecule has 7 nitrogen and oxygen atoms in total. The molecule has 0 saturated carbocycles. The van der Waals surface area contributed by atoms with E-state index < -0.39 is 12.6 Å². The number of thioether (sulfide) groups is 1. The smallest absolute Gasteiger partial charge is 0.341 e. The minimum Gasteiger partial charge on any atom is -0.482 e. The summed E-state index contributed by atoms with van der Waals surface area (Å²) in [5.74, 6) is -0.586. The van der Waals surface area contributed by atoms with Crippen molar-refractivity contribution < 1.29 is 19.4 Å². The van der Waals surface area contributed by atoms with Crippen molar-refractivity contribution in [2.24, 2.45) is 5.10 Å². The van der Waals surface area contributed by atoms with Crippen LogP contribution in [-0.2, 0) is 9.59 Å². The van der Waals surface area contributed by atoms with Crippen molar-refractivity contribution in [1.82, 2.24) is 10.4 Å². The molecule has 0 bridgehead atoms. The number of carbonyl (C=O) groups excluding carboxylic acids is 1. The molecule has 29 heavy (non-hydrogen) atoms. The van der Waals surface area contributed by atoms with E-state index in [9.17, 15) is 9.59 Å². The highest BCUT2D eigenvalue weighted by atomic mass is 32.2. The minimum absolute atomic E-state index is 0.217. The maximum Gasteiger partial charge on any atom is 0.341 e. The molecule has 0 radical (unpaired) electrons. The summed E-state index contributed by atoms with van der Waals surface area (Å²) in [7, 11) is 0. The summed E-state index contributed by atoms with van der Waals surface area (Å²) < 4.78 is 5.09. The van der Waals surface area contributed by atoms with Crippen LogP contribution in [0.3, 0.4) is 0 Å². The van der Waals surface area contributed by atoms with E-state index in [0.717, 1.165) is 21.4 Å². The first-order chi connectivity index (χ1) is 14.0. The fraction of sp³-hybridized carbons (Fsp3) is 0.143. The zero-order valence-electron chi connectivity index (χ0n) is 15.7. The van der Waals surface area contributed by atoms with Gasteiger partial charge in [0.15, 0.2) is 6.61 Å². The van der Waals surface area contributed by atoms with Gasteiger partial charge in [0.1, 0.15) is 5.75 Å². The number of aromatic nitrogens is 1. The predicted octanol–water partition coefficient (Wildman–Crippen LogP) is 3.33. The number of carbonyl (C=O) groups is 2. The van der Waals surface area contributed by atoms with Crippen molar-refractivity contribution >= 4 is 40.3 Å². The lowest BCUT2D eigenvalue weighted by molar-refractivity contribution is -0.139. The molecule has 0 spiro atoms. The van der Waals surface area contributed by atoms with Gasteiger partial charge in [-0.2, -0.15) is 5.10 Å². The van der Waals surface area contributed by atoms with Crippen LogP contribution in [-0.4, -0.2) is 40.0 Å². The lowest BCUT2D eigenvalue weighted by atomic mass is 10.1. The highest BCUT2D eigenvalue weighted by Gasteiger charge is 2.07. The molecule has 3 rings (SSSR count). The molecule has 0 atom stereocenters. The minimum atomic E-state index is -1.04. The number of hydrazone groups is 1. The monoisotopic (exact) mass is 409 g/mol. The Hall–Kier alpha value is -3.39. The Labute approximate surface area is 171 Å². The van der Waals surface area contributed by atoms with Crippen LogP contribution in [0.2, 0.25) is 0 Å². The number of aliphatic carboxylic acids is 1. The molecule has 148 valence electrons. The number of amides is 1. The van der Waals surface area contributed by atoms with Gasteiger partial charge in [0.2, 0.25) is 5.91 Å². The van der Waals surface area contributed by atoms with Crippen molar-refractivity contribution in [2.45, 2.75) is 11.8 Å². The summed E-state index contributed by atoms with van der Waals surface area (Å²) in [6, 6.07) is 16.5. The van der Waals surface area contributed by atoms with Crippen LogP contribution in [0, 0.1) is 0 Å². The molecule has 0 aliphatic rings. The van der Waals surface area contributed by atoms with E-state index in [-0.39, 0.29) is 11.7 Å². The molecule has 0 aliphatic carbocycles. The average molecular weight is 409 g/mol. The molecular weight excluding hydrogens is 390 g/mol. The van der Waals surface area contributed by atoms with E-state index in [4.69, 9.17) is 9.84 Å².